The number of benzene rings is 1. The van der Waals surface area contributed by atoms with Crippen LogP contribution < -0.4 is 21.0 Å². The van der Waals surface area contributed by atoms with E-state index in [0.29, 0.717) is 23.8 Å². The lowest BCUT2D eigenvalue weighted by molar-refractivity contribution is -0.122. The summed E-state index contributed by atoms with van der Waals surface area (Å²) in [6.45, 7) is 4.05. The molecule has 0 saturated heterocycles. The van der Waals surface area contributed by atoms with Gasteiger partial charge in [0, 0.05) is 24.1 Å². The quantitative estimate of drug-likeness (QED) is 0.817. The number of rotatable bonds is 5. The molecule has 122 valence electrons. The maximum atomic E-state index is 11.6. The van der Waals surface area contributed by atoms with E-state index in [2.05, 4.69) is 10.6 Å². The summed E-state index contributed by atoms with van der Waals surface area (Å²) in [5.74, 6) is 0.0878. The zero-order valence-corrected chi connectivity index (χ0v) is 12.9. The lowest BCUT2D eigenvalue weighted by Gasteiger charge is -2.09. The summed E-state index contributed by atoms with van der Waals surface area (Å²) >= 11 is 0. The first-order valence-corrected chi connectivity index (χ1v) is 7.18. The maximum Gasteiger partial charge on any atom is 0.336 e. The number of hydrogen-bond acceptors (Lipinski definition) is 5. The van der Waals surface area contributed by atoms with Gasteiger partial charge in [0.2, 0.25) is 0 Å². The summed E-state index contributed by atoms with van der Waals surface area (Å²) in [5, 5.41) is 5.47. The fourth-order valence-electron chi connectivity index (χ4n) is 1.78. The second kappa shape index (κ2) is 7.44. The van der Waals surface area contributed by atoms with E-state index < -0.39 is 17.6 Å². The molecule has 2 aromatic rings. The van der Waals surface area contributed by atoms with Crippen molar-refractivity contribution in [3.8, 4) is 5.75 Å². The minimum absolute atomic E-state index is 0.291. The number of fused-ring (bicyclic) bond motifs is 1. The van der Waals surface area contributed by atoms with Crippen LogP contribution in [0.25, 0.3) is 11.0 Å². The highest BCUT2D eigenvalue weighted by Crippen LogP contribution is 2.19. The molecule has 7 nitrogen and oxygen atoms in total. The first kappa shape index (κ1) is 16.5. The second-order valence-corrected chi connectivity index (χ2v) is 5.39. The number of nitrogens with one attached hydrogen (secondary N) is 2. The summed E-state index contributed by atoms with van der Waals surface area (Å²) in [6.07, 6.45) is 0. The Labute approximate surface area is 132 Å². The van der Waals surface area contributed by atoms with Crippen LogP contribution in [0.1, 0.15) is 13.8 Å². The van der Waals surface area contributed by atoms with Crippen LogP contribution >= 0.6 is 0 Å². The van der Waals surface area contributed by atoms with Crippen LogP contribution in [0.15, 0.2) is 39.5 Å². The van der Waals surface area contributed by atoms with Gasteiger partial charge in [0.25, 0.3) is 5.91 Å². The molecule has 2 N–H and O–H groups in total. The van der Waals surface area contributed by atoms with Crippen molar-refractivity contribution in [2.75, 3.05) is 13.2 Å². The lowest BCUT2D eigenvalue weighted by Crippen LogP contribution is -2.42. The number of hydrogen-bond donors (Lipinski definition) is 2. The molecule has 0 unspecified atom stereocenters. The molecular weight excluding hydrogens is 300 g/mol. The number of ether oxygens (including phenoxy) is 1. The summed E-state index contributed by atoms with van der Waals surface area (Å²) in [6, 6.07) is 7.28. The van der Waals surface area contributed by atoms with Gasteiger partial charge in [-0.05, 0) is 24.1 Å². The first-order valence-electron chi connectivity index (χ1n) is 7.18. The number of urea groups is 1. The summed E-state index contributed by atoms with van der Waals surface area (Å²) in [7, 11) is 0. The molecule has 0 spiro atoms. The predicted molar refractivity (Wildman–Crippen MR) is 84.4 cm³/mol. The van der Waals surface area contributed by atoms with Gasteiger partial charge in [0.15, 0.2) is 6.61 Å². The van der Waals surface area contributed by atoms with Crippen LogP contribution in [-0.2, 0) is 4.79 Å². The van der Waals surface area contributed by atoms with Crippen molar-refractivity contribution in [2.45, 2.75) is 13.8 Å². The SMILES string of the molecule is CC(C)CNC(=O)NC(=O)COc1ccc2ccc(=O)oc2c1. The third-order valence-electron chi connectivity index (χ3n) is 2.89. The largest absolute Gasteiger partial charge is 0.484 e. The van der Waals surface area contributed by atoms with E-state index in [0.717, 1.165) is 5.39 Å². The highest BCUT2D eigenvalue weighted by molar-refractivity contribution is 5.95. The molecule has 3 amide bonds. The van der Waals surface area contributed by atoms with Gasteiger partial charge in [0.1, 0.15) is 11.3 Å². The van der Waals surface area contributed by atoms with Crippen molar-refractivity contribution in [3.05, 3.63) is 40.8 Å². The van der Waals surface area contributed by atoms with Crippen molar-refractivity contribution in [3.63, 3.8) is 0 Å². The molecule has 0 aliphatic heterocycles. The molecule has 2 rings (SSSR count). The fraction of sp³-hybridized carbons (Fsp3) is 0.312. The van der Waals surface area contributed by atoms with Crippen LogP contribution in [0.4, 0.5) is 4.79 Å². The van der Waals surface area contributed by atoms with Crippen LogP contribution in [-0.4, -0.2) is 25.1 Å². The predicted octanol–water partition coefficient (Wildman–Crippen LogP) is 1.65. The molecule has 0 saturated carbocycles. The van der Waals surface area contributed by atoms with Gasteiger partial charge < -0.3 is 14.5 Å². The average Bonchev–Trinajstić information content (AvgIpc) is 2.50. The van der Waals surface area contributed by atoms with Crippen molar-refractivity contribution in [2.24, 2.45) is 5.92 Å². The molecule has 0 aliphatic rings. The van der Waals surface area contributed by atoms with Crippen LogP contribution in [0, 0.1) is 5.92 Å². The Kier molecular flexibility index (Phi) is 5.35. The summed E-state index contributed by atoms with van der Waals surface area (Å²) in [4.78, 5) is 34.2. The van der Waals surface area contributed by atoms with Crippen LogP contribution in [0.2, 0.25) is 0 Å². The van der Waals surface area contributed by atoms with E-state index in [1.54, 1.807) is 18.2 Å². The van der Waals surface area contributed by atoms with E-state index in [9.17, 15) is 14.4 Å². The summed E-state index contributed by atoms with van der Waals surface area (Å²) in [5.41, 5.74) is -0.0979. The maximum absolute atomic E-state index is 11.6. The molecular formula is C16H18N2O5. The van der Waals surface area contributed by atoms with Gasteiger partial charge in [0.05, 0.1) is 0 Å². The number of amides is 3. The smallest absolute Gasteiger partial charge is 0.336 e. The Morgan fingerprint density at radius 3 is 2.70 bits per heavy atom. The monoisotopic (exact) mass is 318 g/mol. The molecule has 0 aliphatic carbocycles. The molecule has 23 heavy (non-hydrogen) atoms. The zero-order valence-electron chi connectivity index (χ0n) is 12.9. The van der Waals surface area contributed by atoms with Gasteiger partial charge >= 0.3 is 11.7 Å². The van der Waals surface area contributed by atoms with Crippen LogP contribution in [0.3, 0.4) is 0 Å². The Hall–Kier alpha value is -2.83. The third kappa shape index (κ3) is 5.14. The van der Waals surface area contributed by atoms with E-state index in [1.165, 1.54) is 12.1 Å². The first-order chi connectivity index (χ1) is 10.9. The van der Waals surface area contributed by atoms with Crippen LogP contribution in [0.5, 0.6) is 5.75 Å². The van der Waals surface area contributed by atoms with E-state index >= 15 is 0 Å². The lowest BCUT2D eigenvalue weighted by atomic mass is 10.2. The molecule has 0 bridgehead atoms. The molecule has 1 aromatic heterocycles. The van der Waals surface area contributed by atoms with Crippen molar-refractivity contribution in [1.29, 1.82) is 0 Å². The van der Waals surface area contributed by atoms with Crippen molar-refractivity contribution >= 4 is 22.9 Å². The Bertz CT molecular complexity index is 766. The molecule has 0 fully saturated rings. The normalized spacial score (nSPS) is 10.6. The van der Waals surface area contributed by atoms with E-state index in [1.807, 2.05) is 13.8 Å². The summed E-state index contributed by atoms with van der Waals surface area (Å²) < 4.78 is 10.3. The van der Waals surface area contributed by atoms with Gasteiger partial charge in [-0.25, -0.2) is 9.59 Å². The number of imide groups is 1. The highest BCUT2D eigenvalue weighted by atomic mass is 16.5. The number of carbonyl (C=O) groups is 2. The van der Waals surface area contributed by atoms with Crippen molar-refractivity contribution < 1.29 is 18.7 Å². The second-order valence-electron chi connectivity index (χ2n) is 5.39. The van der Waals surface area contributed by atoms with E-state index in [4.69, 9.17) is 9.15 Å². The standard InChI is InChI=1S/C16H18N2O5/c1-10(2)8-17-16(21)18-14(19)9-22-12-5-3-11-4-6-15(20)23-13(11)7-12/h3-7,10H,8-9H2,1-2H3,(H2,17,18,19,21). The van der Waals surface area contributed by atoms with Gasteiger partial charge in [-0.3, -0.25) is 10.1 Å². The molecule has 1 heterocycles. The topological polar surface area (TPSA) is 97.6 Å². The zero-order chi connectivity index (χ0) is 16.8. The Morgan fingerprint density at radius 1 is 1.22 bits per heavy atom. The highest BCUT2D eigenvalue weighted by Gasteiger charge is 2.09. The molecule has 0 atom stereocenters. The molecule has 1 aromatic carbocycles. The minimum atomic E-state index is -0.569. The van der Waals surface area contributed by atoms with Gasteiger partial charge in [-0.1, -0.05) is 13.8 Å². The Balaban J connectivity index is 1.89. The third-order valence-corrected chi connectivity index (χ3v) is 2.89. The van der Waals surface area contributed by atoms with Gasteiger partial charge in [-0.2, -0.15) is 0 Å². The molecule has 7 heteroatoms. The van der Waals surface area contributed by atoms with Gasteiger partial charge in [-0.15, -0.1) is 0 Å². The average molecular weight is 318 g/mol. The molecule has 0 radical (unpaired) electrons. The Morgan fingerprint density at radius 2 is 1.96 bits per heavy atom. The van der Waals surface area contributed by atoms with Crippen molar-refractivity contribution in [1.82, 2.24) is 10.6 Å². The number of carbonyl (C=O) groups excluding carboxylic acids is 2. The minimum Gasteiger partial charge on any atom is -0.484 e. The van der Waals surface area contributed by atoms with E-state index in [-0.39, 0.29) is 6.61 Å². The fourth-order valence-corrected chi connectivity index (χ4v) is 1.78.